The molecule has 2 aliphatic heterocycles. The molecule has 0 saturated carbocycles. The molecule has 3 rings (SSSR count). The van der Waals surface area contributed by atoms with Gasteiger partial charge in [0, 0.05) is 18.1 Å². The third kappa shape index (κ3) is 13.9. The van der Waals surface area contributed by atoms with E-state index in [9.17, 15) is 19.9 Å². The van der Waals surface area contributed by atoms with E-state index in [0.29, 0.717) is 19.4 Å². The first-order chi connectivity index (χ1) is 28.0. The fraction of sp³-hybridized carbons (Fsp3) is 0.775. The molecule has 2 saturated heterocycles. The van der Waals surface area contributed by atoms with Crippen molar-refractivity contribution in [1.29, 1.82) is 0 Å². The maximum Gasteiger partial charge on any atom is 0.359 e. The molecule has 2 heterocycles. The van der Waals surface area contributed by atoms with Crippen molar-refractivity contribution in [2.45, 2.75) is 161 Å². The molecule has 334 valence electrons. The highest BCUT2D eigenvalue weighted by atomic mass is 127. The molecule has 15 nitrogen and oxygen atoms in total. The quantitative estimate of drug-likeness (QED) is 0.0157. The van der Waals surface area contributed by atoms with E-state index in [1.54, 1.807) is 30.3 Å². The SMILES string of the molecule is CCCCOCC1O[C@H](O[C@H]2C(I)C(OC(=O)c3ccccc3)[C@H](OC(C)(C)CC)O[C@H]2C(=O)OC)[C@@H](N=[N+]=[N-])C(OCCCC)[C@@H]1C(CC)(CC)OC(=O)C(Cl)(Cl)Cl. The number of methoxy groups -OCH3 is 1. The molecule has 0 amide bonds. The maximum atomic E-state index is 13.6. The van der Waals surface area contributed by atoms with Crippen LogP contribution < -0.4 is 0 Å². The number of nitrogens with zero attached hydrogens (tertiary/aromatic N) is 3. The summed E-state index contributed by atoms with van der Waals surface area (Å²) < 4.78 is 53.1. The summed E-state index contributed by atoms with van der Waals surface area (Å²) in [6, 6.07) is 7.16. The molecule has 1 aromatic carbocycles. The second-order valence-electron chi connectivity index (χ2n) is 15.0. The van der Waals surface area contributed by atoms with E-state index >= 15 is 0 Å². The third-order valence-electron chi connectivity index (χ3n) is 10.7. The van der Waals surface area contributed by atoms with E-state index < -0.39 is 91.9 Å². The number of halogens is 4. The minimum absolute atomic E-state index is 0.0250. The summed E-state index contributed by atoms with van der Waals surface area (Å²) >= 11 is 20.1. The topological polar surface area (TPSA) is 183 Å². The van der Waals surface area contributed by atoms with E-state index in [-0.39, 0.29) is 31.6 Å². The van der Waals surface area contributed by atoms with Crippen molar-refractivity contribution in [3.63, 3.8) is 0 Å². The molecule has 0 N–H and O–H groups in total. The zero-order chi connectivity index (χ0) is 44.0. The summed E-state index contributed by atoms with van der Waals surface area (Å²) in [7, 11) is 1.21. The summed E-state index contributed by atoms with van der Waals surface area (Å²) in [6.45, 7) is 13.9. The van der Waals surface area contributed by atoms with Gasteiger partial charge >= 0.3 is 17.9 Å². The van der Waals surface area contributed by atoms with Crippen molar-refractivity contribution in [1.82, 2.24) is 0 Å². The molecular weight excluding hydrogens is 948 g/mol. The summed E-state index contributed by atoms with van der Waals surface area (Å²) in [4.78, 5) is 43.7. The summed E-state index contributed by atoms with van der Waals surface area (Å²) in [5.41, 5.74) is 8.19. The van der Waals surface area contributed by atoms with Gasteiger partial charge in [-0.15, -0.1) is 0 Å². The Bertz CT molecular complexity index is 1530. The minimum Gasteiger partial charge on any atom is -0.467 e. The largest absolute Gasteiger partial charge is 0.467 e. The van der Waals surface area contributed by atoms with E-state index in [1.165, 1.54) is 7.11 Å². The maximum absolute atomic E-state index is 13.6. The molecule has 1 aromatic rings. The van der Waals surface area contributed by atoms with Crippen LogP contribution in [0.25, 0.3) is 10.4 Å². The summed E-state index contributed by atoms with van der Waals surface area (Å²) in [5.74, 6) is -3.41. The van der Waals surface area contributed by atoms with E-state index in [1.807, 2.05) is 71.1 Å². The van der Waals surface area contributed by atoms with Gasteiger partial charge in [-0.3, -0.25) is 0 Å². The van der Waals surface area contributed by atoms with Gasteiger partial charge in [-0.25, -0.2) is 14.4 Å². The standard InChI is InChI=1S/C40H59Cl3IN3O12/c1-9-14-21-52-23-25-26(39(12-4,13-5)59-37(50)40(41,42)43)29(53-22-15-10-2)28(46-47-45)35(54-25)56-30-27(44)31(55-33(48)24-19-17-16-18-20-24)36(58-38(6,7)11-3)57-32(30)34(49)51-8/h16-20,25-32,35-36H,9-15,21-23H2,1-8H3/t25?,26-,27?,28+,29?,30+,31?,32-,35-,36+/m1/s1. The third-order valence-corrected chi connectivity index (χ3v) is 12.5. The van der Waals surface area contributed by atoms with Crippen molar-refractivity contribution >= 4 is 75.3 Å². The first kappa shape index (κ1) is 51.6. The van der Waals surface area contributed by atoms with Crippen LogP contribution in [0, 0.1) is 5.92 Å². The molecular formula is C40H59Cl3IN3O12. The average molecular weight is 1010 g/mol. The predicted octanol–water partition coefficient (Wildman–Crippen LogP) is 9.00. The molecule has 19 heteroatoms. The number of azide groups is 1. The summed E-state index contributed by atoms with van der Waals surface area (Å²) in [6.07, 6.45) is -4.41. The van der Waals surface area contributed by atoms with Crippen molar-refractivity contribution in [2.75, 3.05) is 26.9 Å². The average Bonchev–Trinajstić information content (AvgIpc) is 3.21. The van der Waals surface area contributed by atoms with Crippen LogP contribution in [0.1, 0.15) is 104 Å². The number of alkyl halides is 4. The Morgan fingerprint density at radius 3 is 2.10 bits per heavy atom. The number of benzene rings is 1. The lowest BCUT2D eigenvalue weighted by Gasteiger charge is -2.53. The Morgan fingerprint density at radius 2 is 1.54 bits per heavy atom. The molecule has 0 radical (unpaired) electrons. The highest BCUT2D eigenvalue weighted by Crippen LogP contribution is 2.46. The monoisotopic (exact) mass is 1010 g/mol. The number of esters is 3. The molecule has 10 atom stereocenters. The van der Waals surface area contributed by atoms with Crippen LogP contribution in [0.5, 0.6) is 0 Å². The lowest BCUT2D eigenvalue weighted by Crippen LogP contribution is -2.67. The first-order valence-electron chi connectivity index (χ1n) is 20.1. The van der Waals surface area contributed by atoms with Crippen molar-refractivity contribution in [3.05, 3.63) is 46.3 Å². The predicted molar refractivity (Wildman–Crippen MR) is 230 cm³/mol. The molecule has 59 heavy (non-hydrogen) atoms. The normalized spacial score (nSPS) is 27.7. The second-order valence-corrected chi connectivity index (χ2v) is 18.7. The lowest BCUT2D eigenvalue weighted by molar-refractivity contribution is -0.331. The highest BCUT2D eigenvalue weighted by molar-refractivity contribution is 14.1. The van der Waals surface area contributed by atoms with E-state index in [0.717, 1.165) is 19.3 Å². The number of rotatable bonds is 22. The Hall–Kier alpha value is -1.70. The fourth-order valence-corrected chi connectivity index (χ4v) is 8.12. The summed E-state index contributed by atoms with van der Waals surface area (Å²) in [5, 5.41) is 4.17. The van der Waals surface area contributed by atoms with Crippen LogP contribution in [-0.4, -0.2) is 113 Å². The van der Waals surface area contributed by atoms with Gasteiger partial charge in [0.05, 0.1) is 46.9 Å². The smallest absolute Gasteiger partial charge is 0.359 e. The highest BCUT2D eigenvalue weighted by Gasteiger charge is 2.60. The van der Waals surface area contributed by atoms with Crippen LogP contribution in [-0.2, 0) is 52.2 Å². The fourth-order valence-electron chi connectivity index (χ4n) is 6.97. The zero-order valence-electron chi connectivity index (χ0n) is 35.0. The van der Waals surface area contributed by atoms with Gasteiger partial charge in [0.1, 0.15) is 17.7 Å². The molecule has 0 bridgehead atoms. The van der Waals surface area contributed by atoms with Crippen LogP contribution in [0.15, 0.2) is 35.4 Å². The van der Waals surface area contributed by atoms with Crippen molar-refractivity contribution < 1.29 is 57.0 Å². The molecule has 4 unspecified atom stereocenters. The molecule has 0 aliphatic carbocycles. The lowest BCUT2D eigenvalue weighted by atomic mass is 9.72. The Labute approximate surface area is 376 Å². The van der Waals surface area contributed by atoms with Crippen molar-refractivity contribution in [3.8, 4) is 0 Å². The van der Waals surface area contributed by atoms with E-state index in [2.05, 4.69) is 10.0 Å². The van der Waals surface area contributed by atoms with Gasteiger partial charge in [-0.1, -0.05) is 128 Å². The Balaban J connectivity index is 2.21. The zero-order valence-corrected chi connectivity index (χ0v) is 39.4. The number of unbranched alkanes of at least 4 members (excludes halogenated alkanes) is 2. The number of hydrogen-bond donors (Lipinski definition) is 0. The Kier molecular flexibility index (Phi) is 21.2. The number of carbonyl (C=O) groups excluding carboxylic acids is 3. The number of ether oxygens (including phenoxy) is 9. The molecule has 2 aliphatic rings. The molecule has 2 fully saturated rings. The van der Waals surface area contributed by atoms with Gasteiger partial charge in [0.15, 0.2) is 24.8 Å². The van der Waals surface area contributed by atoms with Crippen LogP contribution in [0.4, 0.5) is 0 Å². The van der Waals surface area contributed by atoms with Gasteiger partial charge in [0.2, 0.25) is 0 Å². The minimum atomic E-state index is -2.40. The number of carbonyl (C=O) groups is 3. The van der Waals surface area contributed by atoms with Gasteiger partial charge < -0.3 is 42.6 Å². The van der Waals surface area contributed by atoms with Gasteiger partial charge in [0.25, 0.3) is 3.79 Å². The van der Waals surface area contributed by atoms with Gasteiger partial charge in [-0.2, -0.15) is 0 Å². The Morgan fingerprint density at radius 1 is 0.898 bits per heavy atom. The number of hydrogen-bond acceptors (Lipinski definition) is 13. The first-order valence-corrected chi connectivity index (χ1v) is 22.5. The van der Waals surface area contributed by atoms with Gasteiger partial charge in [-0.05, 0) is 63.6 Å². The molecule has 0 aromatic heterocycles. The van der Waals surface area contributed by atoms with Crippen LogP contribution in [0.3, 0.4) is 0 Å². The van der Waals surface area contributed by atoms with E-state index in [4.69, 9.17) is 77.4 Å². The van der Waals surface area contributed by atoms with Crippen molar-refractivity contribution in [2.24, 2.45) is 11.0 Å². The van der Waals surface area contributed by atoms with Crippen LogP contribution >= 0.6 is 57.4 Å². The molecule has 0 spiro atoms. The second kappa shape index (κ2) is 24.2. The van der Waals surface area contributed by atoms with Crippen LogP contribution in [0.2, 0.25) is 0 Å².